The highest BCUT2D eigenvalue weighted by molar-refractivity contribution is 14.1. The quantitative estimate of drug-likeness (QED) is 0.559. The van der Waals surface area contributed by atoms with Crippen LogP contribution >= 0.6 is 22.6 Å². The molecule has 10 heavy (non-hydrogen) atoms. The Labute approximate surface area is 73.5 Å². The van der Waals surface area contributed by atoms with Crippen LogP contribution in [0.2, 0.25) is 0 Å². The molecule has 0 bridgehead atoms. The molecule has 1 aromatic heterocycles. The lowest BCUT2D eigenvalue weighted by atomic mass is 10.4. The minimum atomic E-state index is 0.793. The first-order valence-electron chi connectivity index (χ1n) is 2.86. The first-order chi connectivity index (χ1) is 4.72. The highest BCUT2D eigenvalue weighted by atomic mass is 127. The molecule has 0 aliphatic rings. The fourth-order valence-electron chi connectivity index (χ4n) is 0.658. The number of aryl methyl sites for hydroxylation is 1. The third kappa shape index (κ3) is 1.76. The van der Waals surface area contributed by atoms with E-state index >= 15 is 0 Å². The Kier molecular flexibility index (Phi) is 2.37. The minimum Gasteiger partial charge on any atom is -0.234 e. The third-order valence-corrected chi connectivity index (χ3v) is 1.59. The van der Waals surface area contributed by atoms with Crippen LogP contribution in [-0.4, -0.2) is 9.97 Å². The Morgan fingerprint density at radius 1 is 1.60 bits per heavy atom. The van der Waals surface area contributed by atoms with Crippen molar-refractivity contribution in [2.24, 2.45) is 0 Å². The first kappa shape index (κ1) is 7.65. The summed E-state index contributed by atoms with van der Waals surface area (Å²) in [6.45, 7) is 5.49. The normalized spacial score (nSPS) is 9.40. The van der Waals surface area contributed by atoms with E-state index in [1.165, 1.54) is 0 Å². The molecule has 0 radical (unpaired) electrons. The van der Waals surface area contributed by atoms with Crippen LogP contribution in [0.1, 0.15) is 11.5 Å². The summed E-state index contributed by atoms with van der Waals surface area (Å²) in [6, 6.07) is 1.89. The van der Waals surface area contributed by atoms with Gasteiger partial charge >= 0.3 is 0 Å². The molecule has 0 aliphatic heterocycles. The standard InChI is InChI=1S/C7H7IN2/c1-3-6-4-7(8)10-5(2)9-6/h3-4H,1H2,2H3. The first-order valence-corrected chi connectivity index (χ1v) is 3.94. The molecule has 0 N–H and O–H groups in total. The maximum absolute atomic E-state index is 4.12. The number of nitrogens with zero attached hydrogens (tertiary/aromatic N) is 2. The summed E-state index contributed by atoms with van der Waals surface area (Å²) in [6.07, 6.45) is 1.72. The maximum Gasteiger partial charge on any atom is 0.127 e. The number of hydrogen-bond donors (Lipinski definition) is 0. The van der Waals surface area contributed by atoms with Gasteiger partial charge in [0, 0.05) is 0 Å². The molecular formula is C7H7IN2. The van der Waals surface area contributed by atoms with Gasteiger partial charge in [-0.1, -0.05) is 6.58 Å². The molecule has 1 aromatic rings. The summed E-state index contributed by atoms with van der Waals surface area (Å²) in [5.41, 5.74) is 0.886. The number of halogens is 1. The lowest BCUT2D eigenvalue weighted by Gasteiger charge is -1.94. The van der Waals surface area contributed by atoms with Gasteiger partial charge in [0.25, 0.3) is 0 Å². The van der Waals surface area contributed by atoms with Crippen LogP contribution in [0, 0.1) is 10.6 Å². The van der Waals surface area contributed by atoms with E-state index in [1.54, 1.807) is 6.08 Å². The molecule has 0 unspecified atom stereocenters. The van der Waals surface area contributed by atoms with Gasteiger partial charge in [-0.2, -0.15) is 0 Å². The molecule has 0 atom stereocenters. The van der Waals surface area contributed by atoms with Crippen molar-refractivity contribution >= 4 is 28.7 Å². The maximum atomic E-state index is 4.12. The number of rotatable bonds is 1. The monoisotopic (exact) mass is 246 g/mol. The van der Waals surface area contributed by atoms with Gasteiger partial charge in [0.2, 0.25) is 0 Å². The Morgan fingerprint density at radius 2 is 2.30 bits per heavy atom. The average Bonchev–Trinajstić information content (AvgIpc) is 1.85. The Bertz CT molecular complexity index is 238. The molecule has 0 fully saturated rings. The van der Waals surface area contributed by atoms with Crippen LogP contribution in [0.25, 0.3) is 6.08 Å². The zero-order valence-electron chi connectivity index (χ0n) is 5.63. The van der Waals surface area contributed by atoms with Gasteiger partial charge in [-0.25, -0.2) is 9.97 Å². The van der Waals surface area contributed by atoms with E-state index in [9.17, 15) is 0 Å². The molecule has 3 heteroatoms. The van der Waals surface area contributed by atoms with E-state index in [0.29, 0.717) is 0 Å². The molecule has 52 valence electrons. The molecule has 1 rings (SSSR count). The fraction of sp³-hybridized carbons (Fsp3) is 0.143. The van der Waals surface area contributed by atoms with Crippen LogP contribution in [0.3, 0.4) is 0 Å². The van der Waals surface area contributed by atoms with Crippen molar-refractivity contribution in [3.8, 4) is 0 Å². The largest absolute Gasteiger partial charge is 0.234 e. The minimum absolute atomic E-state index is 0.793. The van der Waals surface area contributed by atoms with E-state index in [1.807, 2.05) is 13.0 Å². The highest BCUT2D eigenvalue weighted by Crippen LogP contribution is 2.04. The predicted molar refractivity (Wildman–Crippen MR) is 49.6 cm³/mol. The topological polar surface area (TPSA) is 25.8 Å². The number of aromatic nitrogens is 2. The summed E-state index contributed by atoms with van der Waals surface area (Å²) in [7, 11) is 0. The lowest BCUT2D eigenvalue weighted by molar-refractivity contribution is 1.02. The summed E-state index contributed by atoms with van der Waals surface area (Å²) < 4.78 is 0.958. The lowest BCUT2D eigenvalue weighted by Crippen LogP contribution is -1.92. The second-order valence-corrected chi connectivity index (χ2v) is 2.97. The van der Waals surface area contributed by atoms with Gasteiger partial charge in [0.05, 0.1) is 5.69 Å². The van der Waals surface area contributed by atoms with Crippen molar-refractivity contribution in [1.82, 2.24) is 9.97 Å². The zero-order chi connectivity index (χ0) is 7.56. The van der Waals surface area contributed by atoms with Crippen molar-refractivity contribution in [3.63, 3.8) is 0 Å². The second-order valence-electron chi connectivity index (χ2n) is 1.87. The Morgan fingerprint density at radius 3 is 2.80 bits per heavy atom. The number of hydrogen-bond acceptors (Lipinski definition) is 2. The summed E-state index contributed by atoms with van der Waals surface area (Å²) >= 11 is 2.16. The van der Waals surface area contributed by atoms with Gasteiger partial charge in [-0.05, 0) is 41.7 Å². The summed E-state index contributed by atoms with van der Waals surface area (Å²) in [5.74, 6) is 0.793. The molecule has 0 aromatic carbocycles. The molecule has 0 spiro atoms. The van der Waals surface area contributed by atoms with Crippen molar-refractivity contribution in [2.45, 2.75) is 6.92 Å². The van der Waals surface area contributed by atoms with E-state index in [2.05, 4.69) is 39.1 Å². The van der Waals surface area contributed by atoms with E-state index in [4.69, 9.17) is 0 Å². The van der Waals surface area contributed by atoms with E-state index in [-0.39, 0.29) is 0 Å². The van der Waals surface area contributed by atoms with Gasteiger partial charge < -0.3 is 0 Å². The van der Waals surface area contributed by atoms with Gasteiger partial charge in [0.15, 0.2) is 0 Å². The zero-order valence-corrected chi connectivity index (χ0v) is 7.79. The molecule has 2 nitrogen and oxygen atoms in total. The summed E-state index contributed by atoms with van der Waals surface area (Å²) in [5, 5.41) is 0. The van der Waals surface area contributed by atoms with Crippen molar-refractivity contribution in [3.05, 3.63) is 27.9 Å². The van der Waals surface area contributed by atoms with Crippen molar-refractivity contribution < 1.29 is 0 Å². The van der Waals surface area contributed by atoms with Crippen molar-refractivity contribution in [1.29, 1.82) is 0 Å². The van der Waals surface area contributed by atoms with Crippen molar-refractivity contribution in [2.75, 3.05) is 0 Å². The third-order valence-electron chi connectivity index (χ3n) is 1.04. The Balaban J connectivity index is 3.18. The van der Waals surface area contributed by atoms with Gasteiger partial charge in [-0.15, -0.1) is 0 Å². The van der Waals surface area contributed by atoms with Gasteiger partial charge in [-0.3, -0.25) is 0 Å². The van der Waals surface area contributed by atoms with Crippen LogP contribution in [0.15, 0.2) is 12.6 Å². The molecule has 1 heterocycles. The molecule has 0 amide bonds. The molecule has 0 aliphatic carbocycles. The molecular weight excluding hydrogens is 239 g/mol. The molecule has 0 saturated heterocycles. The van der Waals surface area contributed by atoms with Gasteiger partial charge in [0.1, 0.15) is 9.53 Å². The van der Waals surface area contributed by atoms with E-state index < -0.39 is 0 Å². The summed E-state index contributed by atoms with van der Waals surface area (Å²) in [4.78, 5) is 8.23. The molecule has 0 saturated carbocycles. The van der Waals surface area contributed by atoms with E-state index in [0.717, 1.165) is 15.2 Å². The average molecular weight is 246 g/mol. The van der Waals surface area contributed by atoms with Crippen LogP contribution < -0.4 is 0 Å². The smallest absolute Gasteiger partial charge is 0.127 e. The van der Waals surface area contributed by atoms with Crippen LogP contribution in [0.4, 0.5) is 0 Å². The van der Waals surface area contributed by atoms with Crippen LogP contribution in [-0.2, 0) is 0 Å². The van der Waals surface area contributed by atoms with Crippen LogP contribution in [0.5, 0.6) is 0 Å². The predicted octanol–water partition coefficient (Wildman–Crippen LogP) is 2.03. The highest BCUT2D eigenvalue weighted by Gasteiger charge is 1.93. The SMILES string of the molecule is C=Cc1cc(I)nc(C)n1. The second kappa shape index (κ2) is 3.09. The Hall–Kier alpha value is -0.450. The fourth-order valence-corrected chi connectivity index (χ4v) is 1.33.